The molecule has 1 unspecified atom stereocenters. The Hall–Kier alpha value is -3.19. The Balaban J connectivity index is 1.80. The van der Waals surface area contributed by atoms with Crippen LogP contribution in [0.15, 0.2) is 64.3 Å². The van der Waals surface area contributed by atoms with Crippen LogP contribution in [0.25, 0.3) is 5.69 Å². The van der Waals surface area contributed by atoms with Gasteiger partial charge in [-0.15, -0.1) is 0 Å². The zero-order valence-corrected chi connectivity index (χ0v) is 15.2. The molecule has 1 atom stereocenters. The first-order valence-corrected chi connectivity index (χ1v) is 8.65. The topological polar surface area (TPSA) is 96.8 Å². The van der Waals surface area contributed by atoms with Gasteiger partial charge in [0.25, 0.3) is 11.5 Å². The zero-order valence-electron chi connectivity index (χ0n) is 14.5. The summed E-state index contributed by atoms with van der Waals surface area (Å²) in [5, 5.41) is 6.88. The Morgan fingerprint density at radius 1 is 1.22 bits per heavy atom. The van der Waals surface area contributed by atoms with E-state index in [2.05, 4.69) is 15.4 Å². The normalized spacial score (nSPS) is 11.8. The van der Waals surface area contributed by atoms with Crippen LogP contribution >= 0.6 is 11.6 Å². The third-order valence-electron chi connectivity index (χ3n) is 4.09. The number of carbonyl (C=O) groups is 1. The lowest BCUT2D eigenvalue weighted by Gasteiger charge is -2.14. The molecule has 138 valence electrons. The van der Waals surface area contributed by atoms with E-state index in [0.29, 0.717) is 12.2 Å². The van der Waals surface area contributed by atoms with Gasteiger partial charge in [0.1, 0.15) is 6.20 Å². The molecule has 0 radical (unpaired) electrons. The molecule has 0 saturated heterocycles. The Morgan fingerprint density at radius 3 is 2.67 bits per heavy atom. The average molecular weight is 385 g/mol. The van der Waals surface area contributed by atoms with E-state index in [0.717, 1.165) is 16.4 Å². The van der Waals surface area contributed by atoms with E-state index in [1.54, 1.807) is 6.07 Å². The molecule has 27 heavy (non-hydrogen) atoms. The predicted octanol–water partition coefficient (Wildman–Crippen LogP) is 2.11. The predicted molar refractivity (Wildman–Crippen MR) is 103 cm³/mol. The van der Waals surface area contributed by atoms with E-state index in [9.17, 15) is 14.4 Å². The summed E-state index contributed by atoms with van der Waals surface area (Å²) in [5.41, 5.74) is 0.352. The van der Waals surface area contributed by atoms with Gasteiger partial charge in [-0.3, -0.25) is 14.6 Å². The highest BCUT2D eigenvalue weighted by Crippen LogP contribution is 2.19. The lowest BCUT2D eigenvalue weighted by Crippen LogP contribution is -2.31. The first kappa shape index (κ1) is 18.6. The highest BCUT2D eigenvalue weighted by molar-refractivity contribution is 6.33. The number of nitrogens with zero attached hydrogens (tertiary/aromatic N) is 2. The monoisotopic (exact) mass is 384 g/mol. The fourth-order valence-corrected chi connectivity index (χ4v) is 2.80. The molecule has 1 aromatic heterocycles. The van der Waals surface area contributed by atoms with Crippen LogP contribution in [0.4, 0.5) is 0 Å². The van der Waals surface area contributed by atoms with E-state index in [1.165, 1.54) is 12.1 Å². The van der Waals surface area contributed by atoms with E-state index in [4.69, 9.17) is 11.6 Å². The molecule has 0 saturated carbocycles. The molecule has 0 aliphatic rings. The highest BCUT2D eigenvalue weighted by Gasteiger charge is 2.14. The number of H-pyrrole nitrogens is 1. The van der Waals surface area contributed by atoms with Crippen molar-refractivity contribution >= 4 is 17.5 Å². The van der Waals surface area contributed by atoms with Crippen LogP contribution in [0.1, 0.15) is 28.8 Å². The molecule has 0 fully saturated rings. The van der Waals surface area contributed by atoms with Crippen LogP contribution < -0.4 is 16.6 Å². The summed E-state index contributed by atoms with van der Waals surface area (Å²) in [4.78, 5) is 37.7. The van der Waals surface area contributed by atoms with Crippen LogP contribution in [0.3, 0.4) is 0 Å². The highest BCUT2D eigenvalue weighted by atomic mass is 35.5. The first-order chi connectivity index (χ1) is 13.0. The number of carbonyl (C=O) groups excluding carboxylic acids is 1. The van der Waals surface area contributed by atoms with Gasteiger partial charge in [-0.25, -0.2) is 4.79 Å². The zero-order chi connectivity index (χ0) is 19.4. The molecule has 2 N–H and O–H groups in total. The second-order valence-electron chi connectivity index (χ2n) is 6.04. The van der Waals surface area contributed by atoms with Crippen molar-refractivity contribution in [2.45, 2.75) is 12.8 Å². The van der Waals surface area contributed by atoms with Crippen molar-refractivity contribution in [2.24, 2.45) is 0 Å². The van der Waals surface area contributed by atoms with E-state index in [1.807, 2.05) is 37.3 Å². The molecule has 7 nitrogen and oxygen atoms in total. The number of hydrogen-bond acceptors (Lipinski definition) is 4. The number of hydrogen-bond donors (Lipinski definition) is 2. The maximum Gasteiger partial charge on any atom is 0.349 e. The summed E-state index contributed by atoms with van der Waals surface area (Å²) >= 11 is 6.15. The average Bonchev–Trinajstić information content (AvgIpc) is 2.67. The molecule has 1 amide bonds. The summed E-state index contributed by atoms with van der Waals surface area (Å²) in [6.07, 6.45) is 0.983. The standard InChI is InChI=1S/C19H17ClN4O3/c1-12(13-5-3-2-4-6-13)10-21-18(26)15-9-14(7-8-16(15)20)24-19(27)23-17(25)11-22-24/h2-9,11-12H,10H2,1H3,(H,21,26)(H,23,25,27). The van der Waals surface area contributed by atoms with E-state index in [-0.39, 0.29) is 22.4 Å². The molecule has 0 aliphatic carbocycles. The third-order valence-corrected chi connectivity index (χ3v) is 4.42. The van der Waals surface area contributed by atoms with Crippen molar-refractivity contribution in [1.82, 2.24) is 20.1 Å². The number of aromatic amines is 1. The second-order valence-corrected chi connectivity index (χ2v) is 6.44. The summed E-state index contributed by atoms with van der Waals surface area (Å²) in [6.45, 7) is 2.44. The maximum atomic E-state index is 12.6. The lowest BCUT2D eigenvalue weighted by molar-refractivity contribution is 0.0951. The molecule has 0 aliphatic heterocycles. The van der Waals surface area contributed by atoms with Gasteiger partial charge in [-0.1, -0.05) is 48.9 Å². The quantitative estimate of drug-likeness (QED) is 0.704. The summed E-state index contributed by atoms with van der Waals surface area (Å²) in [6, 6.07) is 14.3. The summed E-state index contributed by atoms with van der Waals surface area (Å²) in [7, 11) is 0. The van der Waals surface area contributed by atoms with E-state index >= 15 is 0 Å². The van der Waals surface area contributed by atoms with Crippen molar-refractivity contribution < 1.29 is 4.79 Å². The summed E-state index contributed by atoms with van der Waals surface area (Å²) in [5.74, 6) is -0.234. The van der Waals surface area contributed by atoms with Crippen molar-refractivity contribution in [3.05, 3.63) is 91.7 Å². The molecule has 0 spiro atoms. The first-order valence-electron chi connectivity index (χ1n) is 8.27. The van der Waals surface area contributed by atoms with Crippen LogP contribution in [0, 0.1) is 0 Å². The van der Waals surface area contributed by atoms with Crippen molar-refractivity contribution in [3.8, 4) is 5.69 Å². The van der Waals surface area contributed by atoms with Crippen LogP contribution in [-0.2, 0) is 0 Å². The number of halogens is 1. The molecular formula is C19H17ClN4O3. The molecule has 8 heteroatoms. The lowest BCUT2D eigenvalue weighted by atomic mass is 10.0. The fourth-order valence-electron chi connectivity index (χ4n) is 2.60. The Kier molecular flexibility index (Phi) is 5.52. The Morgan fingerprint density at radius 2 is 1.96 bits per heavy atom. The Bertz CT molecular complexity index is 1080. The number of nitrogens with one attached hydrogen (secondary N) is 2. The smallest absolute Gasteiger partial charge is 0.349 e. The van der Waals surface area contributed by atoms with Crippen LogP contribution in [0.2, 0.25) is 5.02 Å². The van der Waals surface area contributed by atoms with Gasteiger partial charge in [0.15, 0.2) is 0 Å². The molecular weight excluding hydrogens is 368 g/mol. The molecule has 3 rings (SSSR count). The van der Waals surface area contributed by atoms with Gasteiger partial charge in [0, 0.05) is 6.54 Å². The fraction of sp³-hybridized carbons (Fsp3) is 0.158. The largest absolute Gasteiger partial charge is 0.351 e. The minimum atomic E-state index is -0.700. The molecule has 3 aromatic rings. The van der Waals surface area contributed by atoms with Gasteiger partial charge in [-0.2, -0.15) is 9.78 Å². The summed E-state index contributed by atoms with van der Waals surface area (Å²) < 4.78 is 0.987. The van der Waals surface area contributed by atoms with Crippen molar-refractivity contribution in [1.29, 1.82) is 0 Å². The number of rotatable bonds is 5. The number of aromatic nitrogens is 3. The van der Waals surface area contributed by atoms with Gasteiger partial charge in [0.05, 0.1) is 16.3 Å². The number of benzene rings is 2. The second kappa shape index (κ2) is 8.01. The van der Waals surface area contributed by atoms with Crippen molar-refractivity contribution in [3.63, 3.8) is 0 Å². The molecule has 0 bridgehead atoms. The maximum absolute atomic E-state index is 12.6. The van der Waals surface area contributed by atoms with Crippen molar-refractivity contribution in [2.75, 3.05) is 6.54 Å². The SMILES string of the molecule is CC(CNC(=O)c1cc(-n2ncc(=O)[nH]c2=O)ccc1Cl)c1ccccc1. The molecule has 1 heterocycles. The van der Waals surface area contributed by atoms with Gasteiger partial charge >= 0.3 is 5.69 Å². The van der Waals surface area contributed by atoms with Crippen LogP contribution in [-0.4, -0.2) is 27.2 Å². The van der Waals surface area contributed by atoms with Crippen LogP contribution in [0.5, 0.6) is 0 Å². The van der Waals surface area contributed by atoms with Gasteiger partial charge in [-0.05, 0) is 29.7 Å². The van der Waals surface area contributed by atoms with E-state index < -0.39 is 11.2 Å². The minimum Gasteiger partial charge on any atom is -0.351 e. The third kappa shape index (κ3) is 4.32. The van der Waals surface area contributed by atoms with Gasteiger partial charge < -0.3 is 5.32 Å². The minimum absolute atomic E-state index is 0.126. The number of amides is 1. The van der Waals surface area contributed by atoms with Gasteiger partial charge in [0.2, 0.25) is 0 Å². The Labute approximate surface area is 159 Å². The molecule has 2 aromatic carbocycles.